The van der Waals surface area contributed by atoms with Crippen molar-refractivity contribution in [2.45, 2.75) is 44.2 Å². The van der Waals surface area contributed by atoms with Crippen LogP contribution in [0.5, 0.6) is 17.2 Å². The number of nitrogens with zero attached hydrogens (tertiary/aromatic N) is 3. The lowest BCUT2D eigenvalue weighted by atomic mass is 10.0. The fourth-order valence-corrected chi connectivity index (χ4v) is 5.58. The molecule has 2 fully saturated rings. The normalized spacial score (nSPS) is 19.8. The number of hydrogen-bond acceptors (Lipinski definition) is 8. The number of β-amino-alcohol motifs (C(OH)–C–C–N with tert-alkyl or cyclic N) is 1. The third kappa shape index (κ3) is 9.51. The summed E-state index contributed by atoms with van der Waals surface area (Å²) < 4.78 is 49.4. The van der Waals surface area contributed by atoms with Gasteiger partial charge in [-0.25, -0.2) is 8.78 Å². The lowest BCUT2D eigenvalue weighted by Gasteiger charge is -2.33. The molecule has 0 aromatic heterocycles. The van der Waals surface area contributed by atoms with E-state index in [1.54, 1.807) is 7.11 Å². The van der Waals surface area contributed by atoms with Crippen molar-refractivity contribution in [3.05, 3.63) is 53.6 Å². The molecule has 0 aliphatic carbocycles. The SMILES string of the molecule is COCC(=O)N1CCN(Cc2ccc(OCCCN3CCCCCC3=O)c(OC)c2)C[C@](O)(COc2ccc(F)c(F)c2)C1. The number of benzene rings is 2. The van der Waals surface area contributed by atoms with Crippen molar-refractivity contribution in [3.63, 3.8) is 0 Å². The summed E-state index contributed by atoms with van der Waals surface area (Å²) in [6.07, 6.45) is 4.43. The van der Waals surface area contributed by atoms with Crippen molar-refractivity contribution >= 4 is 11.8 Å². The van der Waals surface area contributed by atoms with E-state index in [0.29, 0.717) is 57.1 Å². The zero-order valence-electron chi connectivity index (χ0n) is 25.6. The van der Waals surface area contributed by atoms with Crippen LogP contribution in [0, 0.1) is 11.6 Å². The Kier molecular flexibility index (Phi) is 12.2. The van der Waals surface area contributed by atoms with Gasteiger partial charge in [0.1, 0.15) is 24.6 Å². The maximum Gasteiger partial charge on any atom is 0.248 e. The van der Waals surface area contributed by atoms with Gasteiger partial charge >= 0.3 is 0 Å². The summed E-state index contributed by atoms with van der Waals surface area (Å²) in [5.74, 6) is -0.872. The van der Waals surface area contributed by atoms with E-state index >= 15 is 0 Å². The highest BCUT2D eigenvalue weighted by molar-refractivity contribution is 5.77. The fourth-order valence-electron chi connectivity index (χ4n) is 5.58. The molecule has 10 nitrogen and oxygen atoms in total. The predicted octanol–water partition coefficient (Wildman–Crippen LogP) is 3.25. The minimum absolute atomic E-state index is 0.0194. The van der Waals surface area contributed by atoms with Gasteiger partial charge in [0.05, 0.1) is 20.3 Å². The monoisotopic (exact) mass is 619 g/mol. The van der Waals surface area contributed by atoms with Crippen LogP contribution < -0.4 is 14.2 Å². The van der Waals surface area contributed by atoms with Gasteiger partial charge in [-0.3, -0.25) is 14.5 Å². The zero-order valence-corrected chi connectivity index (χ0v) is 25.6. The number of likely N-dealkylation sites (tertiary alicyclic amines) is 1. The third-order valence-electron chi connectivity index (χ3n) is 7.84. The Hall–Kier alpha value is -3.48. The molecule has 2 aromatic rings. The number of ether oxygens (including phenoxy) is 4. The van der Waals surface area contributed by atoms with E-state index in [2.05, 4.69) is 0 Å². The van der Waals surface area contributed by atoms with E-state index in [-0.39, 0.29) is 43.9 Å². The molecule has 2 heterocycles. The highest BCUT2D eigenvalue weighted by Crippen LogP contribution is 2.29. The van der Waals surface area contributed by atoms with Crippen molar-refractivity contribution in [2.75, 3.05) is 73.3 Å². The van der Waals surface area contributed by atoms with E-state index in [9.17, 15) is 23.5 Å². The van der Waals surface area contributed by atoms with Crippen molar-refractivity contribution in [1.29, 1.82) is 0 Å². The van der Waals surface area contributed by atoms with E-state index in [0.717, 1.165) is 43.5 Å². The minimum atomic E-state index is -1.51. The minimum Gasteiger partial charge on any atom is -0.493 e. The van der Waals surface area contributed by atoms with Gasteiger partial charge in [-0.1, -0.05) is 12.5 Å². The van der Waals surface area contributed by atoms with E-state index in [1.807, 2.05) is 28.0 Å². The maximum absolute atomic E-state index is 13.7. The molecule has 12 heteroatoms. The molecular formula is C32H43F2N3O7. The molecule has 0 bridgehead atoms. The molecule has 0 saturated carbocycles. The van der Waals surface area contributed by atoms with Crippen LogP contribution in [0.4, 0.5) is 8.78 Å². The fraction of sp³-hybridized carbons (Fsp3) is 0.562. The first-order valence-electron chi connectivity index (χ1n) is 15.1. The van der Waals surface area contributed by atoms with Crippen LogP contribution >= 0.6 is 0 Å². The lowest BCUT2D eigenvalue weighted by Crippen LogP contribution is -2.52. The number of rotatable bonds is 13. The van der Waals surface area contributed by atoms with Gasteiger partial charge in [-0.05, 0) is 49.1 Å². The molecule has 0 unspecified atom stereocenters. The van der Waals surface area contributed by atoms with E-state index in [1.165, 1.54) is 18.1 Å². The number of carbonyl (C=O) groups is 2. The summed E-state index contributed by atoms with van der Waals surface area (Å²) in [6.45, 7) is 2.94. The molecule has 2 aliphatic rings. The number of methoxy groups -OCH3 is 2. The topological polar surface area (TPSA) is 101 Å². The van der Waals surface area contributed by atoms with Crippen LogP contribution in [0.25, 0.3) is 0 Å². The Morgan fingerprint density at radius 1 is 0.955 bits per heavy atom. The van der Waals surface area contributed by atoms with Crippen molar-refractivity contribution < 1.29 is 42.4 Å². The number of amides is 2. The summed E-state index contributed by atoms with van der Waals surface area (Å²) in [4.78, 5) is 30.4. The number of carbonyl (C=O) groups excluding carboxylic acids is 2. The van der Waals surface area contributed by atoms with Gasteiger partial charge in [-0.15, -0.1) is 0 Å². The van der Waals surface area contributed by atoms with Crippen molar-refractivity contribution in [2.24, 2.45) is 0 Å². The first kappa shape index (κ1) is 33.4. The highest BCUT2D eigenvalue weighted by atomic mass is 19.2. The van der Waals surface area contributed by atoms with Gasteiger partial charge in [-0.2, -0.15) is 0 Å². The second-order valence-corrected chi connectivity index (χ2v) is 11.4. The van der Waals surface area contributed by atoms with Crippen LogP contribution in [0.3, 0.4) is 0 Å². The largest absolute Gasteiger partial charge is 0.493 e. The van der Waals surface area contributed by atoms with Gasteiger partial charge in [0.15, 0.2) is 23.1 Å². The molecule has 0 radical (unpaired) electrons. The predicted molar refractivity (Wildman–Crippen MR) is 159 cm³/mol. The summed E-state index contributed by atoms with van der Waals surface area (Å²) in [7, 11) is 3.00. The maximum atomic E-state index is 13.7. The molecule has 0 spiro atoms. The van der Waals surface area contributed by atoms with Crippen LogP contribution in [-0.2, 0) is 20.9 Å². The number of halogens is 2. The van der Waals surface area contributed by atoms with E-state index < -0.39 is 17.2 Å². The van der Waals surface area contributed by atoms with Gasteiger partial charge in [0, 0.05) is 58.9 Å². The Balaban J connectivity index is 1.39. The summed E-state index contributed by atoms with van der Waals surface area (Å²) in [5, 5.41) is 11.6. The van der Waals surface area contributed by atoms with Gasteiger partial charge in [0.2, 0.25) is 11.8 Å². The molecular weight excluding hydrogens is 576 g/mol. The number of aliphatic hydroxyl groups is 1. The smallest absolute Gasteiger partial charge is 0.248 e. The van der Waals surface area contributed by atoms with Gasteiger partial charge < -0.3 is 33.9 Å². The Bertz CT molecular complexity index is 1270. The lowest BCUT2D eigenvalue weighted by molar-refractivity contribution is -0.138. The molecule has 4 rings (SSSR count). The van der Waals surface area contributed by atoms with Crippen molar-refractivity contribution in [1.82, 2.24) is 14.7 Å². The highest BCUT2D eigenvalue weighted by Gasteiger charge is 2.37. The molecule has 242 valence electrons. The third-order valence-corrected chi connectivity index (χ3v) is 7.84. The molecule has 44 heavy (non-hydrogen) atoms. The average Bonchev–Trinajstić information content (AvgIpc) is 3.31. The quantitative estimate of drug-likeness (QED) is 0.341. The van der Waals surface area contributed by atoms with Gasteiger partial charge in [0.25, 0.3) is 0 Å². The molecule has 2 aliphatic heterocycles. The van der Waals surface area contributed by atoms with Crippen molar-refractivity contribution in [3.8, 4) is 17.2 Å². The summed E-state index contributed by atoms with van der Waals surface area (Å²) in [5.41, 5.74) is -0.600. The molecule has 2 aromatic carbocycles. The first-order chi connectivity index (χ1) is 21.2. The Morgan fingerprint density at radius 3 is 2.57 bits per heavy atom. The molecule has 2 saturated heterocycles. The first-order valence-corrected chi connectivity index (χ1v) is 15.1. The zero-order chi connectivity index (χ0) is 31.5. The van der Waals surface area contributed by atoms with Crippen LogP contribution in [0.1, 0.15) is 37.7 Å². The van der Waals surface area contributed by atoms with Crippen LogP contribution in [0.2, 0.25) is 0 Å². The second-order valence-electron chi connectivity index (χ2n) is 11.4. The standard InChI is InChI=1S/C32H43F2N3O7/c1-41-20-31(39)37-15-14-35(21-32(40,22-37)23-44-25-9-10-26(33)27(34)18-25)19-24-8-11-28(29(17-24)42-2)43-16-6-13-36-12-5-3-4-7-30(36)38/h8-11,17-18,40H,3-7,12-16,19-23H2,1-2H3/t32-/m1/s1. The average molecular weight is 620 g/mol. The summed E-state index contributed by atoms with van der Waals surface area (Å²) >= 11 is 0. The molecule has 2 amide bonds. The van der Waals surface area contributed by atoms with Crippen LogP contribution in [-0.4, -0.2) is 111 Å². The second kappa shape index (κ2) is 16.0. The Morgan fingerprint density at radius 2 is 1.80 bits per heavy atom. The van der Waals surface area contributed by atoms with E-state index in [4.69, 9.17) is 18.9 Å². The summed E-state index contributed by atoms with van der Waals surface area (Å²) in [6, 6.07) is 8.81. The van der Waals surface area contributed by atoms with Crippen LogP contribution in [0.15, 0.2) is 36.4 Å². The Labute approximate surface area is 257 Å². The number of hydrogen-bond donors (Lipinski definition) is 1. The molecule has 1 atom stereocenters. The molecule has 1 N–H and O–H groups in total.